The maximum Gasteiger partial charge on any atom is 0.408 e. The van der Waals surface area contributed by atoms with E-state index in [9.17, 15) is 23.6 Å². The molecule has 0 spiro atoms. The molecule has 12 nitrogen and oxygen atoms in total. The Balaban J connectivity index is 1.52. The third kappa shape index (κ3) is 10.9. The van der Waals surface area contributed by atoms with Gasteiger partial charge in [-0.2, -0.15) is 0 Å². The average Bonchev–Trinajstić information content (AvgIpc) is 3.48. The van der Waals surface area contributed by atoms with Crippen molar-refractivity contribution < 1.29 is 33.0 Å². The lowest BCUT2D eigenvalue weighted by molar-refractivity contribution is -0.135. The molecule has 1 unspecified atom stereocenters. The molecule has 49 heavy (non-hydrogen) atoms. The molecular weight excluding hydrogens is 631 g/mol. The van der Waals surface area contributed by atoms with Crippen LogP contribution < -0.4 is 16.0 Å². The first-order valence-electron chi connectivity index (χ1n) is 16.4. The zero-order valence-corrected chi connectivity index (χ0v) is 29.0. The van der Waals surface area contributed by atoms with Crippen molar-refractivity contribution in [1.82, 2.24) is 25.1 Å². The molecule has 1 saturated heterocycles. The number of hydrogen-bond donors (Lipinski definition) is 3. The van der Waals surface area contributed by atoms with Gasteiger partial charge in [-0.25, -0.2) is 14.2 Å². The number of benzene rings is 2. The van der Waals surface area contributed by atoms with Gasteiger partial charge in [-0.05, 0) is 76.6 Å². The first-order valence-corrected chi connectivity index (χ1v) is 16.4. The van der Waals surface area contributed by atoms with E-state index in [0.717, 1.165) is 18.4 Å². The Morgan fingerprint density at radius 3 is 2.27 bits per heavy atom. The van der Waals surface area contributed by atoms with Crippen LogP contribution in [0.4, 0.5) is 15.0 Å². The lowest BCUT2D eigenvalue weighted by atomic mass is 9.97. The maximum atomic E-state index is 13.8. The summed E-state index contributed by atoms with van der Waals surface area (Å²) in [5, 5.41) is 7.94. The van der Waals surface area contributed by atoms with E-state index >= 15 is 0 Å². The summed E-state index contributed by atoms with van der Waals surface area (Å²) in [5.41, 5.74) is -0.783. The fraction of sp³-hybridized carbons (Fsp3) is 0.472. The normalized spacial score (nSPS) is 15.2. The van der Waals surface area contributed by atoms with E-state index in [1.807, 2.05) is 30.3 Å². The first-order chi connectivity index (χ1) is 23.1. The molecular formula is C36H47FN6O6. The number of hydrogen-bond acceptors (Lipinski definition) is 7. The number of likely N-dealkylation sites (tertiary alicyclic amines) is 1. The van der Waals surface area contributed by atoms with Gasteiger partial charge in [-0.3, -0.25) is 14.4 Å². The summed E-state index contributed by atoms with van der Waals surface area (Å²) in [4.78, 5) is 59.4. The van der Waals surface area contributed by atoms with E-state index < -0.39 is 46.9 Å². The topological polar surface area (TPSA) is 144 Å². The number of anilines is 1. The summed E-state index contributed by atoms with van der Waals surface area (Å²) in [7, 11) is 0. The van der Waals surface area contributed by atoms with Crippen LogP contribution in [0.5, 0.6) is 0 Å². The van der Waals surface area contributed by atoms with Crippen molar-refractivity contribution in [3.05, 3.63) is 84.1 Å². The van der Waals surface area contributed by atoms with E-state index in [4.69, 9.17) is 9.47 Å². The summed E-state index contributed by atoms with van der Waals surface area (Å²) in [5.74, 6) is -1.21. The molecule has 0 radical (unpaired) electrons. The lowest BCUT2D eigenvalue weighted by Crippen LogP contribution is -2.59. The number of nitrogens with zero attached hydrogens (tertiary/aromatic N) is 3. The molecule has 2 atom stereocenters. The molecule has 0 bridgehead atoms. The third-order valence-electron chi connectivity index (χ3n) is 8.06. The highest BCUT2D eigenvalue weighted by molar-refractivity contribution is 5.98. The number of carbonyl (C=O) groups excluding carboxylic acids is 4. The second-order valence-corrected chi connectivity index (χ2v) is 13.9. The molecule has 3 N–H and O–H groups in total. The zero-order chi connectivity index (χ0) is 35.8. The number of amides is 4. The monoisotopic (exact) mass is 678 g/mol. The van der Waals surface area contributed by atoms with Gasteiger partial charge in [-0.15, -0.1) is 0 Å². The number of alkyl carbamates (subject to hydrolysis) is 1. The Morgan fingerprint density at radius 1 is 0.980 bits per heavy atom. The van der Waals surface area contributed by atoms with Gasteiger partial charge in [-0.1, -0.05) is 49.4 Å². The Kier molecular flexibility index (Phi) is 12.2. The SMILES string of the molecule is CC1CCN(C(=O)C(c2ccc(F)cc2)n2cnc(NC(=O)[C@@H](COCc3ccccc3)NC(=O)C(C)(C)NC(=O)OC(C)(C)C)c2)CC1. The van der Waals surface area contributed by atoms with E-state index in [-0.39, 0.29) is 24.9 Å². The highest BCUT2D eigenvalue weighted by Crippen LogP contribution is 2.26. The van der Waals surface area contributed by atoms with E-state index in [2.05, 4.69) is 27.9 Å². The van der Waals surface area contributed by atoms with Crippen molar-refractivity contribution in [3.63, 3.8) is 0 Å². The van der Waals surface area contributed by atoms with Crippen molar-refractivity contribution in [1.29, 1.82) is 0 Å². The molecule has 264 valence electrons. The molecule has 0 aliphatic carbocycles. The standard InChI is InChI=1S/C36H47FN6O6/c1-24-16-18-42(19-17-24)32(45)30(26-12-14-27(37)15-13-26)43-20-29(38-23-43)40-31(44)28(22-48-21-25-10-8-7-9-11-25)39-33(46)36(5,6)41-34(47)49-35(2,3)4/h7-15,20,23-24,28,30H,16-19,21-22H2,1-6H3,(H,39,46)(H,40,44)(H,41,47)/t28-,30?/m1/s1. The van der Waals surface area contributed by atoms with Gasteiger partial charge in [0.25, 0.3) is 5.91 Å². The van der Waals surface area contributed by atoms with Crippen molar-refractivity contribution in [2.75, 3.05) is 25.0 Å². The van der Waals surface area contributed by atoms with Gasteiger partial charge in [0.1, 0.15) is 29.0 Å². The highest BCUT2D eigenvalue weighted by Gasteiger charge is 2.35. The number of piperidine rings is 1. The second-order valence-electron chi connectivity index (χ2n) is 13.9. The minimum Gasteiger partial charge on any atom is -0.444 e. The molecule has 2 aromatic carbocycles. The van der Waals surface area contributed by atoms with Crippen molar-refractivity contribution in [3.8, 4) is 0 Å². The number of imidazole rings is 1. The average molecular weight is 679 g/mol. The molecule has 0 saturated carbocycles. The Hall–Kier alpha value is -4.78. The van der Waals surface area contributed by atoms with E-state index in [1.54, 1.807) is 42.4 Å². The predicted octanol–water partition coefficient (Wildman–Crippen LogP) is 4.81. The summed E-state index contributed by atoms with van der Waals surface area (Å²) in [6.45, 7) is 11.5. The highest BCUT2D eigenvalue weighted by atomic mass is 19.1. The van der Waals surface area contributed by atoms with Crippen LogP contribution in [0, 0.1) is 11.7 Å². The van der Waals surface area contributed by atoms with Crippen molar-refractivity contribution in [2.24, 2.45) is 5.92 Å². The number of carbonyl (C=O) groups is 4. The van der Waals surface area contributed by atoms with Crippen LogP contribution in [0.1, 0.15) is 71.6 Å². The van der Waals surface area contributed by atoms with Gasteiger partial charge >= 0.3 is 6.09 Å². The molecule has 4 amide bonds. The summed E-state index contributed by atoms with van der Waals surface area (Å²) < 4.78 is 26.5. The van der Waals surface area contributed by atoms with Crippen LogP contribution in [0.15, 0.2) is 67.1 Å². The summed E-state index contributed by atoms with van der Waals surface area (Å²) in [6, 6.07) is 13.0. The van der Waals surface area contributed by atoms with Gasteiger partial charge in [0.15, 0.2) is 5.82 Å². The quantitative estimate of drug-likeness (QED) is 0.249. The Labute approximate surface area is 286 Å². The molecule has 2 heterocycles. The lowest BCUT2D eigenvalue weighted by Gasteiger charge is -2.33. The second kappa shape index (κ2) is 16.1. The molecule has 4 rings (SSSR count). The molecule has 13 heteroatoms. The van der Waals surface area contributed by atoms with Gasteiger partial charge in [0, 0.05) is 19.3 Å². The number of aromatic nitrogens is 2. The summed E-state index contributed by atoms with van der Waals surface area (Å²) in [6.07, 6.45) is 3.94. The van der Waals surface area contributed by atoms with Crippen LogP contribution in [0.25, 0.3) is 0 Å². The fourth-order valence-electron chi connectivity index (χ4n) is 5.25. The minimum absolute atomic E-state index is 0.130. The molecule has 1 aromatic heterocycles. The maximum absolute atomic E-state index is 13.8. The Morgan fingerprint density at radius 2 is 1.63 bits per heavy atom. The zero-order valence-electron chi connectivity index (χ0n) is 29.0. The minimum atomic E-state index is -1.45. The summed E-state index contributed by atoms with van der Waals surface area (Å²) >= 11 is 0. The van der Waals surface area contributed by atoms with Crippen LogP contribution in [-0.2, 0) is 30.5 Å². The number of rotatable bonds is 12. The van der Waals surface area contributed by atoms with Crippen molar-refractivity contribution >= 4 is 29.6 Å². The number of nitrogens with one attached hydrogen (secondary N) is 3. The van der Waals surface area contributed by atoms with E-state index in [1.165, 1.54) is 38.5 Å². The van der Waals surface area contributed by atoms with Crippen LogP contribution >= 0.6 is 0 Å². The van der Waals surface area contributed by atoms with Crippen molar-refractivity contribution in [2.45, 2.75) is 84.2 Å². The number of halogens is 1. The van der Waals surface area contributed by atoms with Crippen LogP contribution in [0.2, 0.25) is 0 Å². The Bertz CT molecular complexity index is 1580. The van der Waals surface area contributed by atoms with Gasteiger partial charge in [0.2, 0.25) is 11.8 Å². The molecule has 1 fully saturated rings. The molecule has 1 aliphatic rings. The first kappa shape index (κ1) is 37.0. The molecule has 1 aliphatic heterocycles. The fourth-order valence-corrected chi connectivity index (χ4v) is 5.25. The molecule has 3 aromatic rings. The number of ether oxygens (including phenoxy) is 2. The van der Waals surface area contributed by atoms with Crippen LogP contribution in [0.3, 0.4) is 0 Å². The van der Waals surface area contributed by atoms with Crippen LogP contribution in [-0.4, -0.2) is 75.1 Å². The predicted molar refractivity (Wildman–Crippen MR) is 182 cm³/mol. The largest absolute Gasteiger partial charge is 0.444 e. The third-order valence-corrected chi connectivity index (χ3v) is 8.06. The van der Waals surface area contributed by atoms with Gasteiger partial charge < -0.3 is 34.9 Å². The smallest absolute Gasteiger partial charge is 0.408 e. The van der Waals surface area contributed by atoms with Gasteiger partial charge in [0.05, 0.1) is 19.5 Å². The van der Waals surface area contributed by atoms with E-state index in [0.29, 0.717) is 24.6 Å².